The number of aryl methyl sites for hydroxylation is 1. The van der Waals surface area contributed by atoms with Crippen molar-refractivity contribution in [3.05, 3.63) is 29.3 Å². The molecule has 1 aromatic carbocycles. The molecule has 112 valence electrons. The molecule has 1 aliphatic heterocycles. The number of ether oxygens (including phenoxy) is 1. The van der Waals surface area contributed by atoms with E-state index in [4.69, 9.17) is 4.74 Å². The van der Waals surface area contributed by atoms with Crippen LogP contribution in [0.15, 0.2) is 23.2 Å². The first-order valence-corrected chi connectivity index (χ1v) is 8.34. The minimum absolute atomic E-state index is 0.342. The fourth-order valence-corrected chi connectivity index (χ4v) is 2.95. The lowest BCUT2D eigenvalue weighted by Gasteiger charge is -2.20. The van der Waals surface area contributed by atoms with Gasteiger partial charge in [0.1, 0.15) is 6.61 Å². The predicted octanol–water partition coefficient (Wildman–Crippen LogP) is 2.79. The van der Waals surface area contributed by atoms with Crippen LogP contribution in [0.3, 0.4) is 0 Å². The van der Waals surface area contributed by atoms with Crippen molar-refractivity contribution in [2.75, 3.05) is 30.3 Å². The first kappa shape index (κ1) is 14.4. The maximum absolute atomic E-state index is 12.0. The van der Waals surface area contributed by atoms with Crippen LogP contribution in [0, 0.1) is 0 Å². The zero-order chi connectivity index (χ0) is 14.7. The number of nitrogens with one attached hydrogen (secondary N) is 1. The normalized spacial score (nSPS) is 16.6. The molecule has 0 saturated heterocycles. The van der Waals surface area contributed by atoms with Gasteiger partial charge in [0, 0.05) is 11.0 Å². The van der Waals surface area contributed by atoms with E-state index in [1.807, 2.05) is 6.07 Å². The van der Waals surface area contributed by atoms with Crippen LogP contribution in [0.2, 0.25) is 0 Å². The van der Waals surface area contributed by atoms with E-state index in [9.17, 15) is 4.79 Å². The number of carbonyl (C=O) groups excluding carboxylic acids is 1. The second-order valence-corrected chi connectivity index (χ2v) is 5.88. The van der Waals surface area contributed by atoms with Crippen molar-refractivity contribution in [1.29, 1.82) is 0 Å². The Morgan fingerprint density at radius 1 is 1.43 bits per heavy atom. The van der Waals surface area contributed by atoms with E-state index in [1.54, 1.807) is 4.90 Å². The molecule has 0 aromatic heterocycles. The average molecular weight is 352 g/mol. The molecule has 21 heavy (non-hydrogen) atoms. The van der Waals surface area contributed by atoms with Gasteiger partial charge in [-0.2, -0.15) is 0 Å². The number of anilines is 1. The smallest absolute Gasteiger partial charge is 0.416 e. The van der Waals surface area contributed by atoms with Crippen LogP contribution in [-0.4, -0.2) is 42.0 Å². The highest BCUT2D eigenvalue weighted by molar-refractivity contribution is 9.09. The third-order valence-corrected chi connectivity index (χ3v) is 4.08. The van der Waals surface area contributed by atoms with Crippen LogP contribution in [0.25, 0.3) is 0 Å². The number of halogens is 1. The molecular weight excluding hydrogens is 334 g/mol. The van der Waals surface area contributed by atoms with E-state index in [0.717, 1.165) is 18.5 Å². The summed E-state index contributed by atoms with van der Waals surface area (Å²) in [6, 6.07) is 6.27. The van der Waals surface area contributed by atoms with E-state index < -0.39 is 0 Å². The summed E-state index contributed by atoms with van der Waals surface area (Å²) in [4.78, 5) is 18.0. The Bertz CT molecular complexity index is 574. The van der Waals surface area contributed by atoms with E-state index in [2.05, 4.69) is 38.4 Å². The molecule has 1 heterocycles. The van der Waals surface area contributed by atoms with Gasteiger partial charge in [0.25, 0.3) is 0 Å². The fraction of sp³-hybridized carbons (Fsp3) is 0.467. The average Bonchev–Trinajstić information content (AvgIpc) is 3.14. The lowest BCUT2D eigenvalue weighted by molar-refractivity contribution is 0.132. The monoisotopic (exact) mass is 351 g/mol. The largest absolute Gasteiger partial charge is 0.448 e. The number of rotatable bonds is 3. The Morgan fingerprint density at radius 2 is 2.33 bits per heavy atom. The third-order valence-electron chi connectivity index (χ3n) is 3.76. The maximum atomic E-state index is 12.0. The highest BCUT2D eigenvalue weighted by atomic mass is 79.9. The van der Waals surface area contributed by atoms with Gasteiger partial charge in [0.05, 0.1) is 13.1 Å². The zero-order valence-corrected chi connectivity index (χ0v) is 13.4. The summed E-state index contributed by atoms with van der Waals surface area (Å²) in [5.41, 5.74) is 3.80. The summed E-state index contributed by atoms with van der Waals surface area (Å²) in [7, 11) is 0. The number of carbonyl (C=O) groups is 1. The zero-order valence-electron chi connectivity index (χ0n) is 11.8. The number of guanidine groups is 1. The molecule has 0 bridgehead atoms. The van der Waals surface area contributed by atoms with Crippen LogP contribution in [-0.2, 0) is 17.6 Å². The molecule has 1 N–H and O–H groups in total. The van der Waals surface area contributed by atoms with Crippen LogP contribution in [0.4, 0.5) is 10.5 Å². The first-order valence-electron chi connectivity index (χ1n) is 7.22. The molecule has 2 aliphatic rings. The number of nitrogens with zero attached hydrogens (tertiary/aromatic N) is 2. The quantitative estimate of drug-likeness (QED) is 0.852. The Labute approximate surface area is 132 Å². The number of hydrogen-bond acceptors (Lipinski definition) is 4. The molecule has 0 atom stereocenters. The first-order chi connectivity index (χ1) is 10.3. The Morgan fingerprint density at radius 3 is 3.19 bits per heavy atom. The van der Waals surface area contributed by atoms with Gasteiger partial charge in [-0.1, -0.05) is 28.1 Å². The second-order valence-electron chi connectivity index (χ2n) is 5.08. The number of benzene rings is 1. The van der Waals surface area contributed by atoms with Crippen molar-refractivity contribution in [3.8, 4) is 0 Å². The molecule has 1 aromatic rings. The number of hydrogen-bond donors (Lipinski definition) is 1. The van der Waals surface area contributed by atoms with Crippen LogP contribution in [0.5, 0.6) is 0 Å². The molecule has 0 spiro atoms. The summed E-state index contributed by atoms with van der Waals surface area (Å²) in [5, 5.41) is 3.95. The molecule has 6 heteroatoms. The van der Waals surface area contributed by atoms with Crippen molar-refractivity contribution in [2.24, 2.45) is 4.99 Å². The van der Waals surface area contributed by atoms with Gasteiger partial charge in [-0.05, 0) is 36.5 Å². The number of aliphatic imine (C=N–C) groups is 1. The molecule has 0 saturated carbocycles. The van der Waals surface area contributed by atoms with Crippen molar-refractivity contribution in [2.45, 2.75) is 19.3 Å². The minimum atomic E-state index is -0.342. The summed E-state index contributed by atoms with van der Waals surface area (Å²) in [6.07, 6.45) is 3.07. The van der Waals surface area contributed by atoms with Crippen molar-refractivity contribution in [3.63, 3.8) is 0 Å². The molecule has 0 fully saturated rings. The highest BCUT2D eigenvalue weighted by Crippen LogP contribution is 2.29. The van der Waals surface area contributed by atoms with E-state index >= 15 is 0 Å². The summed E-state index contributed by atoms with van der Waals surface area (Å²) in [6.45, 7) is 1.54. The van der Waals surface area contributed by atoms with E-state index in [0.29, 0.717) is 31.0 Å². The van der Waals surface area contributed by atoms with Crippen molar-refractivity contribution >= 4 is 33.7 Å². The lowest BCUT2D eigenvalue weighted by atomic mass is 10.1. The lowest BCUT2D eigenvalue weighted by Crippen LogP contribution is -2.39. The van der Waals surface area contributed by atoms with Gasteiger partial charge in [-0.15, -0.1) is 0 Å². The molecule has 1 aliphatic carbocycles. The van der Waals surface area contributed by atoms with Crippen LogP contribution in [0.1, 0.15) is 17.5 Å². The SMILES string of the molecule is O=C(OCCBr)N1CCN=C1Nc1cccc2c1CCC2. The molecule has 0 radical (unpaired) electrons. The number of fused-ring (bicyclic) bond motifs is 1. The number of amides is 1. The molecule has 3 rings (SSSR count). The van der Waals surface area contributed by atoms with Gasteiger partial charge >= 0.3 is 6.09 Å². The van der Waals surface area contributed by atoms with Gasteiger partial charge in [0.2, 0.25) is 5.96 Å². The summed E-state index contributed by atoms with van der Waals surface area (Å²) < 4.78 is 5.15. The number of alkyl halides is 1. The van der Waals surface area contributed by atoms with E-state index in [1.165, 1.54) is 17.5 Å². The fourth-order valence-electron chi connectivity index (χ4n) is 2.79. The Kier molecular flexibility index (Phi) is 4.43. The van der Waals surface area contributed by atoms with Gasteiger partial charge < -0.3 is 10.1 Å². The van der Waals surface area contributed by atoms with Crippen LogP contribution < -0.4 is 5.32 Å². The molecular formula is C15H18BrN3O2. The molecule has 0 unspecified atom stereocenters. The van der Waals surface area contributed by atoms with Crippen LogP contribution >= 0.6 is 15.9 Å². The van der Waals surface area contributed by atoms with Gasteiger partial charge in [0.15, 0.2) is 0 Å². The second kappa shape index (κ2) is 6.47. The van der Waals surface area contributed by atoms with Gasteiger partial charge in [-0.3, -0.25) is 4.99 Å². The maximum Gasteiger partial charge on any atom is 0.416 e. The van der Waals surface area contributed by atoms with Gasteiger partial charge in [-0.25, -0.2) is 9.69 Å². The molecule has 1 amide bonds. The van der Waals surface area contributed by atoms with Crippen molar-refractivity contribution < 1.29 is 9.53 Å². The summed E-state index contributed by atoms with van der Waals surface area (Å²) >= 11 is 3.25. The minimum Gasteiger partial charge on any atom is -0.448 e. The standard InChI is InChI=1S/C15H18BrN3O2/c16-7-10-21-15(20)19-9-8-17-14(19)18-13-6-2-4-11-3-1-5-12(11)13/h2,4,6H,1,3,5,7-10H2,(H,17,18). The predicted molar refractivity (Wildman–Crippen MR) is 86.2 cm³/mol. The Hall–Kier alpha value is -1.56. The summed E-state index contributed by atoms with van der Waals surface area (Å²) in [5.74, 6) is 0.592. The van der Waals surface area contributed by atoms with Crippen molar-refractivity contribution in [1.82, 2.24) is 4.90 Å². The topological polar surface area (TPSA) is 53.9 Å². The molecule has 5 nitrogen and oxygen atoms in total. The Balaban J connectivity index is 1.72. The highest BCUT2D eigenvalue weighted by Gasteiger charge is 2.26. The third kappa shape index (κ3) is 3.05. The van der Waals surface area contributed by atoms with E-state index in [-0.39, 0.29) is 6.09 Å².